The van der Waals surface area contributed by atoms with Gasteiger partial charge in [0.15, 0.2) is 0 Å². The van der Waals surface area contributed by atoms with Crippen LogP contribution in [-0.4, -0.2) is 24.9 Å². The van der Waals surface area contributed by atoms with Crippen LogP contribution in [-0.2, 0) is 25.0 Å². The van der Waals surface area contributed by atoms with E-state index in [9.17, 15) is 9.36 Å². The zero-order chi connectivity index (χ0) is 27.7. The van der Waals surface area contributed by atoms with E-state index in [-0.39, 0.29) is 28.6 Å². The van der Waals surface area contributed by atoms with Crippen LogP contribution in [0.4, 0.5) is 5.69 Å². The molecule has 5 rings (SSSR count). The average molecular weight is 547 g/mol. The van der Waals surface area contributed by atoms with Crippen LogP contribution in [0.25, 0.3) is 0 Å². The lowest BCUT2D eigenvalue weighted by molar-refractivity contribution is -0.146. The first-order chi connectivity index (χ1) is 17.8. The molecule has 0 heterocycles. The van der Waals surface area contributed by atoms with Crippen LogP contribution in [0.1, 0.15) is 92.6 Å². The number of rotatable bonds is 12. The van der Waals surface area contributed by atoms with Crippen LogP contribution in [0.15, 0.2) is 24.3 Å². The maximum atomic E-state index is 14.1. The lowest BCUT2D eigenvalue weighted by Crippen LogP contribution is -2.53. The van der Waals surface area contributed by atoms with E-state index in [0.717, 1.165) is 48.3 Å². The Hall–Kier alpha value is -1.36. The summed E-state index contributed by atoms with van der Waals surface area (Å²) >= 11 is 0. The maximum absolute atomic E-state index is 14.1. The summed E-state index contributed by atoms with van der Waals surface area (Å²) in [6.07, 6.45) is 7.27. The predicted octanol–water partition coefficient (Wildman–Crippen LogP) is 7.84. The maximum Gasteiger partial charge on any atom is 0.353 e. The fraction of sp³-hybridized carbons (Fsp3) is 0.774. The third-order valence-electron chi connectivity index (χ3n) is 8.54. The summed E-state index contributed by atoms with van der Waals surface area (Å²) in [5.41, 5.74) is 1.44. The summed E-state index contributed by atoms with van der Waals surface area (Å²) in [6.45, 7) is 15.7. The molecule has 1 unspecified atom stereocenters. The Morgan fingerprint density at radius 2 is 1.39 bits per heavy atom. The van der Waals surface area contributed by atoms with Crippen molar-refractivity contribution in [3.05, 3.63) is 29.8 Å². The predicted molar refractivity (Wildman–Crippen MR) is 155 cm³/mol. The van der Waals surface area contributed by atoms with Gasteiger partial charge in [-0.05, 0) is 91.2 Å². The molecule has 0 aliphatic heterocycles. The van der Waals surface area contributed by atoms with Gasteiger partial charge in [0.1, 0.15) is 5.78 Å². The normalized spacial score (nSPS) is 27.7. The molecule has 0 radical (unpaired) electrons. The monoisotopic (exact) mass is 546 g/mol. The van der Waals surface area contributed by atoms with Crippen LogP contribution in [0.3, 0.4) is 0 Å². The fourth-order valence-corrected chi connectivity index (χ4v) is 9.74. The third kappa shape index (κ3) is 7.04. The van der Waals surface area contributed by atoms with E-state index in [2.05, 4.69) is 31.4 Å². The Bertz CT molecular complexity index is 947. The minimum Gasteiger partial charge on any atom is -0.371 e. The number of anilines is 1. The van der Waals surface area contributed by atoms with Crippen LogP contribution in [0, 0.1) is 40.4 Å². The molecule has 4 aliphatic rings. The first kappa shape index (κ1) is 29.6. The van der Waals surface area contributed by atoms with Crippen molar-refractivity contribution in [1.82, 2.24) is 5.32 Å². The number of benzene rings is 1. The van der Waals surface area contributed by atoms with Gasteiger partial charge in [0.25, 0.3) is 0 Å². The lowest BCUT2D eigenvalue weighted by atomic mass is 9.49. The third-order valence-corrected chi connectivity index (χ3v) is 11.1. The molecule has 1 aromatic rings. The van der Waals surface area contributed by atoms with Crippen molar-refractivity contribution in [3.63, 3.8) is 0 Å². The van der Waals surface area contributed by atoms with E-state index >= 15 is 0 Å². The smallest absolute Gasteiger partial charge is 0.353 e. The van der Waals surface area contributed by atoms with E-state index in [1.165, 1.54) is 19.3 Å². The first-order valence-corrected chi connectivity index (χ1v) is 16.4. The number of amides is 1. The highest BCUT2D eigenvalue weighted by molar-refractivity contribution is 7.54. The summed E-state index contributed by atoms with van der Waals surface area (Å²) in [4.78, 5) is 13.3. The van der Waals surface area contributed by atoms with Crippen LogP contribution in [0.5, 0.6) is 0 Å². The molecular weight excluding hydrogens is 495 g/mol. The van der Waals surface area contributed by atoms with Crippen molar-refractivity contribution in [2.75, 3.05) is 18.5 Å². The molecule has 0 aromatic heterocycles. The summed E-state index contributed by atoms with van der Waals surface area (Å²) in [7, 11) is -3.46. The Labute approximate surface area is 230 Å². The van der Waals surface area contributed by atoms with Crippen LogP contribution in [0.2, 0.25) is 0 Å². The number of hydrogen-bond donors (Lipinski definition) is 2. The molecule has 1 atom stereocenters. The van der Waals surface area contributed by atoms with Crippen molar-refractivity contribution in [3.8, 4) is 0 Å². The van der Waals surface area contributed by atoms with Gasteiger partial charge in [0, 0.05) is 17.6 Å². The highest BCUT2D eigenvalue weighted by Gasteiger charge is 2.54. The zero-order valence-corrected chi connectivity index (χ0v) is 25.6. The van der Waals surface area contributed by atoms with Crippen molar-refractivity contribution in [1.29, 1.82) is 0 Å². The fourth-order valence-electron chi connectivity index (χ4n) is 7.10. The average Bonchev–Trinajstić information content (AvgIpc) is 2.82. The molecule has 4 bridgehead atoms. The standard InChI is InChI=1S/C31H51N2O4P/c1-21(2)19-36-38(35,37-20-22(3)4)29(30(5,6)7)33-27-10-8-23(9-11-27)18-32-28(34)31-15-24-12-25(16-31)14-26(13-24)17-31/h8-11,21-22,24-26,29,33H,12-20H2,1-7H3,(H,32,34). The second-order valence-corrected chi connectivity index (χ2v) is 16.5. The van der Waals surface area contributed by atoms with Crippen molar-refractivity contribution < 1.29 is 18.4 Å². The topological polar surface area (TPSA) is 76.7 Å². The molecule has 1 aromatic carbocycles. The van der Waals surface area contributed by atoms with Crippen molar-refractivity contribution in [2.45, 2.75) is 99.3 Å². The lowest BCUT2D eigenvalue weighted by Gasteiger charge is -2.55. The van der Waals surface area contributed by atoms with Gasteiger partial charge in [-0.3, -0.25) is 9.36 Å². The number of hydrogen-bond acceptors (Lipinski definition) is 5. The van der Waals surface area contributed by atoms with Gasteiger partial charge < -0.3 is 19.7 Å². The van der Waals surface area contributed by atoms with E-state index in [1.54, 1.807) is 0 Å². The molecule has 4 fully saturated rings. The Kier molecular flexibility index (Phi) is 9.06. The molecular formula is C31H51N2O4P. The van der Waals surface area contributed by atoms with Gasteiger partial charge in [-0.2, -0.15) is 0 Å². The molecule has 4 saturated carbocycles. The Morgan fingerprint density at radius 1 is 0.921 bits per heavy atom. The molecule has 0 saturated heterocycles. The van der Waals surface area contributed by atoms with E-state index < -0.39 is 13.4 Å². The second-order valence-electron chi connectivity index (χ2n) is 14.4. The highest BCUT2D eigenvalue weighted by atomic mass is 31.2. The highest BCUT2D eigenvalue weighted by Crippen LogP contribution is 2.60. The van der Waals surface area contributed by atoms with Gasteiger partial charge in [-0.15, -0.1) is 0 Å². The zero-order valence-electron chi connectivity index (χ0n) is 24.7. The summed E-state index contributed by atoms with van der Waals surface area (Å²) < 4.78 is 26.2. The van der Waals surface area contributed by atoms with Gasteiger partial charge in [0.05, 0.1) is 13.2 Å². The van der Waals surface area contributed by atoms with Gasteiger partial charge in [-0.1, -0.05) is 60.6 Å². The molecule has 6 nitrogen and oxygen atoms in total. The molecule has 0 spiro atoms. The van der Waals surface area contributed by atoms with E-state index in [0.29, 0.717) is 19.8 Å². The Balaban J connectivity index is 1.40. The van der Waals surface area contributed by atoms with Crippen molar-refractivity contribution >= 4 is 19.2 Å². The van der Waals surface area contributed by atoms with E-state index in [1.807, 2.05) is 52.0 Å². The summed E-state index contributed by atoms with van der Waals surface area (Å²) in [5.74, 6) is 2.54. The summed E-state index contributed by atoms with van der Waals surface area (Å²) in [5, 5.41) is 6.76. The largest absolute Gasteiger partial charge is 0.371 e. The molecule has 1 amide bonds. The SMILES string of the molecule is CC(C)COP(=O)(OCC(C)C)C(Nc1ccc(CNC(=O)C23CC4CC(CC(C4)C2)C3)cc1)C(C)(C)C. The Morgan fingerprint density at radius 3 is 1.82 bits per heavy atom. The van der Waals surface area contributed by atoms with Gasteiger partial charge in [-0.25, -0.2) is 0 Å². The molecule has 2 N–H and O–H groups in total. The molecule has 7 heteroatoms. The molecule has 214 valence electrons. The minimum absolute atomic E-state index is 0.122. The second kappa shape index (κ2) is 11.6. The quantitative estimate of drug-likeness (QED) is 0.261. The molecule has 4 aliphatic carbocycles. The number of nitrogens with one attached hydrogen (secondary N) is 2. The minimum atomic E-state index is -3.46. The molecule has 38 heavy (non-hydrogen) atoms. The summed E-state index contributed by atoms with van der Waals surface area (Å²) in [6, 6.07) is 8.08. The number of carbonyl (C=O) groups is 1. The number of carbonyl (C=O) groups excluding carboxylic acids is 1. The van der Waals surface area contributed by atoms with Crippen LogP contribution >= 0.6 is 7.60 Å². The van der Waals surface area contributed by atoms with Crippen LogP contribution < -0.4 is 10.6 Å². The first-order valence-electron chi connectivity index (χ1n) is 14.8. The van der Waals surface area contributed by atoms with Gasteiger partial charge in [0.2, 0.25) is 5.91 Å². The van der Waals surface area contributed by atoms with Crippen molar-refractivity contribution in [2.24, 2.45) is 40.4 Å². The van der Waals surface area contributed by atoms with Gasteiger partial charge >= 0.3 is 7.60 Å². The van der Waals surface area contributed by atoms with E-state index in [4.69, 9.17) is 9.05 Å².